The fourth-order valence-corrected chi connectivity index (χ4v) is 2.77. The van der Waals surface area contributed by atoms with Gasteiger partial charge in [0.1, 0.15) is 12.1 Å². The second-order valence-corrected chi connectivity index (χ2v) is 6.29. The Morgan fingerprint density at radius 2 is 1.36 bits per heavy atom. The zero-order chi connectivity index (χ0) is 20.4. The van der Waals surface area contributed by atoms with E-state index in [1.807, 2.05) is 60.7 Å². The van der Waals surface area contributed by atoms with Crippen molar-refractivity contribution >= 4 is 17.8 Å². The number of esters is 1. The number of carbonyl (C=O) groups is 3. The molecule has 2 atom stereocenters. The van der Waals surface area contributed by atoms with E-state index in [1.54, 1.807) is 0 Å². The molecule has 0 fully saturated rings. The van der Waals surface area contributed by atoms with Gasteiger partial charge in [-0.1, -0.05) is 60.7 Å². The van der Waals surface area contributed by atoms with Gasteiger partial charge in [0, 0.05) is 12.8 Å². The average molecular weight is 383 g/mol. The first kappa shape index (κ1) is 21.1. The molecule has 0 radical (unpaired) electrons. The van der Waals surface area contributed by atoms with Gasteiger partial charge in [0.2, 0.25) is 11.8 Å². The summed E-state index contributed by atoms with van der Waals surface area (Å²) in [6.07, 6.45) is 0.555. The van der Waals surface area contributed by atoms with E-state index in [1.165, 1.54) is 7.11 Å². The number of ether oxygens (including phenoxy) is 1. The first-order chi connectivity index (χ1) is 13.5. The summed E-state index contributed by atoms with van der Waals surface area (Å²) in [4.78, 5) is 36.8. The van der Waals surface area contributed by atoms with E-state index < -0.39 is 29.9 Å². The molecule has 0 aliphatic heterocycles. The lowest BCUT2D eigenvalue weighted by atomic mass is 10.0. The molecule has 2 amide bonds. The largest absolute Gasteiger partial charge is 0.467 e. The van der Waals surface area contributed by atoms with Crippen LogP contribution in [0.25, 0.3) is 0 Å². The zero-order valence-corrected chi connectivity index (χ0v) is 15.8. The molecule has 7 heteroatoms. The van der Waals surface area contributed by atoms with Gasteiger partial charge in [0.05, 0.1) is 13.7 Å². The van der Waals surface area contributed by atoms with Gasteiger partial charge in [0.25, 0.3) is 0 Å². The number of carbonyl (C=O) groups excluding carboxylic acids is 3. The molecule has 2 unspecified atom stereocenters. The quantitative estimate of drug-likeness (QED) is 0.549. The minimum Gasteiger partial charge on any atom is -0.467 e. The van der Waals surface area contributed by atoms with Crippen molar-refractivity contribution in [1.29, 1.82) is 0 Å². The van der Waals surface area contributed by atoms with E-state index >= 15 is 0 Å². The standard InChI is InChI=1S/C21H25N3O4/c1-28-21(27)18(13-16-10-6-3-7-11-16)24-20(26)17(23-19(25)14-22)12-15-8-4-2-5-9-15/h2-11,17-18H,12-14,22H2,1H3,(H,23,25)(H,24,26). The first-order valence-electron chi connectivity index (χ1n) is 8.99. The third-order valence-electron chi connectivity index (χ3n) is 4.20. The molecule has 0 spiro atoms. The topological polar surface area (TPSA) is 111 Å². The molecule has 0 saturated carbocycles. The Morgan fingerprint density at radius 3 is 1.82 bits per heavy atom. The molecule has 28 heavy (non-hydrogen) atoms. The summed E-state index contributed by atoms with van der Waals surface area (Å²) < 4.78 is 4.82. The molecule has 0 heterocycles. The van der Waals surface area contributed by atoms with E-state index in [9.17, 15) is 14.4 Å². The van der Waals surface area contributed by atoms with Crippen molar-refractivity contribution in [3.8, 4) is 0 Å². The van der Waals surface area contributed by atoms with E-state index in [0.29, 0.717) is 0 Å². The van der Waals surface area contributed by atoms with Crippen LogP contribution >= 0.6 is 0 Å². The van der Waals surface area contributed by atoms with Crippen molar-refractivity contribution in [1.82, 2.24) is 10.6 Å². The predicted octanol–water partition coefficient (Wildman–Crippen LogP) is 0.573. The van der Waals surface area contributed by atoms with Crippen molar-refractivity contribution in [2.75, 3.05) is 13.7 Å². The number of nitrogens with one attached hydrogen (secondary N) is 2. The maximum Gasteiger partial charge on any atom is 0.328 e. The van der Waals surface area contributed by atoms with Crippen molar-refractivity contribution < 1.29 is 19.1 Å². The van der Waals surface area contributed by atoms with E-state index in [2.05, 4.69) is 10.6 Å². The summed E-state index contributed by atoms with van der Waals surface area (Å²) in [5.41, 5.74) is 7.12. The van der Waals surface area contributed by atoms with Gasteiger partial charge < -0.3 is 21.1 Å². The Kier molecular flexibility index (Phi) is 8.17. The lowest BCUT2D eigenvalue weighted by Crippen LogP contribution is -2.54. The molecular weight excluding hydrogens is 358 g/mol. The summed E-state index contributed by atoms with van der Waals surface area (Å²) in [5.74, 6) is -1.48. The highest BCUT2D eigenvalue weighted by Crippen LogP contribution is 2.07. The van der Waals surface area contributed by atoms with Crippen LogP contribution in [0.1, 0.15) is 11.1 Å². The van der Waals surface area contributed by atoms with Gasteiger partial charge in [0.15, 0.2) is 0 Å². The van der Waals surface area contributed by atoms with Gasteiger partial charge in [-0.3, -0.25) is 9.59 Å². The van der Waals surface area contributed by atoms with Gasteiger partial charge in [-0.25, -0.2) is 4.79 Å². The molecule has 0 aliphatic carbocycles. The molecule has 7 nitrogen and oxygen atoms in total. The maximum absolute atomic E-state index is 12.8. The van der Waals surface area contributed by atoms with Gasteiger partial charge in [-0.2, -0.15) is 0 Å². The summed E-state index contributed by atoms with van der Waals surface area (Å²) >= 11 is 0. The molecule has 0 bridgehead atoms. The van der Waals surface area contributed by atoms with E-state index in [-0.39, 0.29) is 19.4 Å². The first-order valence-corrected chi connectivity index (χ1v) is 8.99. The van der Waals surface area contributed by atoms with Crippen LogP contribution in [0, 0.1) is 0 Å². The SMILES string of the molecule is COC(=O)C(Cc1ccccc1)NC(=O)C(Cc1ccccc1)NC(=O)CN. The molecule has 0 aliphatic rings. The third-order valence-corrected chi connectivity index (χ3v) is 4.20. The van der Waals surface area contributed by atoms with Crippen LogP contribution in [0.4, 0.5) is 0 Å². The third kappa shape index (κ3) is 6.51. The second kappa shape index (κ2) is 10.8. The Morgan fingerprint density at radius 1 is 0.857 bits per heavy atom. The lowest BCUT2D eigenvalue weighted by Gasteiger charge is -2.22. The molecule has 0 aromatic heterocycles. The summed E-state index contributed by atoms with van der Waals surface area (Å²) in [6.45, 7) is -0.233. The Hall–Kier alpha value is -3.19. The molecule has 0 saturated heterocycles. The number of methoxy groups -OCH3 is 1. The van der Waals surface area contributed by atoms with Crippen LogP contribution < -0.4 is 16.4 Å². The molecular formula is C21H25N3O4. The Bertz CT molecular complexity index is 781. The Labute approximate surface area is 164 Å². The van der Waals surface area contributed by atoms with E-state index in [0.717, 1.165) is 11.1 Å². The van der Waals surface area contributed by atoms with Gasteiger partial charge in [-0.15, -0.1) is 0 Å². The fourth-order valence-electron chi connectivity index (χ4n) is 2.77. The molecule has 148 valence electrons. The van der Waals surface area contributed by atoms with Crippen LogP contribution in [0.2, 0.25) is 0 Å². The van der Waals surface area contributed by atoms with Crippen molar-refractivity contribution in [2.24, 2.45) is 5.73 Å². The van der Waals surface area contributed by atoms with Crippen LogP contribution in [0.3, 0.4) is 0 Å². The molecule has 4 N–H and O–H groups in total. The highest BCUT2D eigenvalue weighted by atomic mass is 16.5. The minimum atomic E-state index is -0.868. The van der Waals surface area contributed by atoms with Crippen LogP contribution in [0.15, 0.2) is 60.7 Å². The van der Waals surface area contributed by atoms with Crippen molar-refractivity contribution in [2.45, 2.75) is 24.9 Å². The molecule has 2 aromatic carbocycles. The predicted molar refractivity (Wildman–Crippen MR) is 105 cm³/mol. The van der Waals surface area contributed by atoms with Crippen molar-refractivity contribution in [3.05, 3.63) is 71.8 Å². The number of hydrogen-bond donors (Lipinski definition) is 3. The fraction of sp³-hybridized carbons (Fsp3) is 0.286. The monoisotopic (exact) mass is 383 g/mol. The normalized spacial score (nSPS) is 12.5. The molecule has 2 rings (SSSR count). The van der Waals surface area contributed by atoms with Crippen LogP contribution in [-0.2, 0) is 32.0 Å². The average Bonchev–Trinajstić information content (AvgIpc) is 2.73. The highest BCUT2D eigenvalue weighted by Gasteiger charge is 2.27. The van der Waals surface area contributed by atoms with E-state index in [4.69, 9.17) is 10.5 Å². The summed E-state index contributed by atoms with van der Waals surface area (Å²) in [5, 5.41) is 5.31. The number of nitrogens with two attached hydrogens (primary N) is 1. The molecule has 2 aromatic rings. The van der Waals surface area contributed by atoms with Crippen LogP contribution in [0.5, 0.6) is 0 Å². The van der Waals surface area contributed by atoms with Crippen molar-refractivity contribution in [3.63, 3.8) is 0 Å². The Balaban J connectivity index is 2.14. The van der Waals surface area contributed by atoms with Gasteiger partial charge in [-0.05, 0) is 11.1 Å². The summed E-state index contributed by atoms with van der Waals surface area (Å²) in [6, 6.07) is 16.8. The van der Waals surface area contributed by atoms with Crippen LogP contribution in [-0.4, -0.2) is 43.5 Å². The minimum absolute atomic E-state index is 0.233. The lowest BCUT2D eigenvalue weighted by molar-refractivity contribution is -0.145. The number of amides is 2. The summed E-state index contributed by atoms with van der Waals surface area (Å²) in [7, 11) is 1.27. The second-order valence-electron chi connectivity index (χ2n) is 6.29. The van der Waals surface area contributed by atoms with Gasteiger partial charge >= 0.3 is 5.97 Å². The number of hydrogen-bond acceptors (Lipinski definition) is 5. The smallest absolute Gasteiger partial charge is 0.328 e. The zero-order valence-electron chi connectivity index (χ0n) is 15.8. The highest BCUT2D eigenvalue weighted by molar-refractivity contribution is 5.91. The number of benzene rings is 2. The maximum atomic E-state index is 12.8. The number of rotatable bonds is 9.